The van der Waals surface area contributed by atoms with Gasteiger partial charge in [-0.25, -0.2) is 0 Å². The van der Waals surface area contributed by atoms with E-state index < -0.39 is 0 Å². The fraction of sp³-hybridized carbons (Fsp3) is 0.600. The summed E-state index contributed by atoms with van der Waals surface area (Å²) in [6.45, 7) is 3.68. The van der Waals surface area contributed by atoms with E-state index in [0.29, 0.717) is 17.5 Å². The molecule has 100 valence electrons. The molecule has 0 aromatic heterocycles. The van der Waals surface area contributed by atoms with Crippen molar-refractivity contribution in [3.05, 3.63) is 28.8 Å². The molecular formula is C15H22ClNO. The van der Waals surface area contributed by atoms with Gasteiger partial charge in [0.15, 0.2) is 0 Å². The molecule has 1 aliphatic carbocycles. The average Bonchev–Trinajstić information content (AvgIpc) is 2.33. The fourth-order valence-electron chi connectivity index (χ4n) is 2.77. The number of anilines is 1. The van der Waals surface area contributed by atoms with Crippen LogP contribution in [0, 0.1) is 11.8 Å². The molecule has 0 radical (unpaired) electrons. The lowest BCUT2D eigenvalue weighted by atomic mass is 9.83. The number of nitrogens with two attached hydrogens (primary N) is 1. The highest BCUT2D eigenvalue weighted by Gasteiger charge is 2.19. The number of nitrogen functional groups attached to an aromatic ring is 1. The Balaban J connectivity index is 1.81. The minimum atomic E-state index is 0.524. The molecule has 1 aromatic carbocycles. The predicted molar refractivity (Wildman–Crippen MR) is 76.6 cm³/mol. The van der Waals surface area contributed by atoms with Gasteiger partial charge in [-0.3, -0.25) is 0 Å². The molecule has 2 rings (SSSR count). The first-order chi connectivity index (χ1) is 8.66. The standard InChI is InChI=1S/C15H22ClNO/c1-11-4-2-5-12(8-11)9-18-10-13-14(16)6-3-7-15(13)17/h3,6-7,11-12H,2,4-5,8-10,17H2,1H3. The van der Waals surface area contributed by atoms with Crippen molar-refractivity contribution >= 4 is 17.3 Å². The molecule has 18 heavy (non-hydrogen) atoms. The monoisotopic (exact) mass is 267 g/mol. The van der Waals surface area contributed by atoms with Gasteiger partial charge in [-0.2, -0.15) is 0 Å². The Morgan fingerprint density at radius 1 is 1.39 bits per heavy atom. The molecule has 2 unspecified atom stereocenters. The quantitative estimate of drug-likeness (QED) is 0.827. The molecule has 0 amide bonds. The summed E-state index contributed by atoms with van der Waals surface area (Å²) in [4.78, 5) is 0. The van der Waals surface area contributed by atoms with Crippen LogP contribution in [0.25, 0.3) is 0 Å². The van der Waals surface area contributed by atoms with Crippen LogP contribution in [0.15, 0.2) is 18.2 Å². The van der Waals surface area contributed by atoms with Crippen molar-refractivity contribution in [2.24, 2.45) is 11.8 Å². The normalized spacial score (nSPS) is 24.1. The van der Waals surface area contributed by atoms with Gasteiger partial charge in [0.05, 0.1) is 6.61 Å². The number of hydrogen-bond donors (Lipinski definition) is 1. The van der Waals surface area contributed by atoms with Gasteiger partial charge in [0.25, 0.3) is 0 Å². The minimum absolute atomic E-state index is 0.524. The van der Waals surface area contributed by atoms with Crippen molar-refractivity contribution < 1.29 is 4.74 Å². The number of halogens is 1. The molecule has 2 nitrogen and oxygen atoms in total. The van der Waals surface area contributed by atoms with E-state index in [4.69, 9.17) is 22.1 Å². The Morgan fingerprint density at radius 3 is 2.94 bits per heavy atom. The molecular weight excluding hydrogens is 246 g/mol. The molecule has 2 atom stereocenters. The van der Waals surface area contributed by atoms with Crippen molar-refractivity contribution in [1.82, 2.24) is 0 Å². The van der Waals surface area contributed by atoms with Crippen LogP contribution in [-0.2, 0) is 11.3 Å². The number of ether oxygens (including phenoxy) is 1. The van der Waals surface area contributed by atoms with Crippen LogP contribution in [0.3, 0.4) is 0 Å². The molecule has 3 heteroatoms. The van der Waals surface area contributed by atoms with Crippen molar-refractivity contribution in [1.29, 1.82) is 0 Å². The van der Waals surface area contributed by atoms with Crippen LogP contribution in [0.5, 0.6) is 0 Å². The molecule has 0 heterocycles. The Bertz CT molecular complexity index is 374. The fourth-order valence-corrected chi connectivity index (χ4v) is 3.00. The van der Waals surface area contributed by atoms with Crippen molar-refractivity contribution in [2.45, 2.75) is 39.2 Å². The van der Waals surface area contributed by atoms with Gasteiger partial charge in [0.2, 0.25) is 0 Å². The third-order valence-electron chi connectivity index (χ3n) is 3.80. The molecule has 2 N–H and O–H groups in total. The zero-order valence-corrected chi connectivity index (χ0v) is 11.7. The van der Waals surface area contributed by atoms with Crippen molar-refractivity contribution in [2.75, 3.05) is 12.3 Å². The van der Waals surface area contributed by atoms with Gasteiger partial charge >= 0.3 is 0 Å². The highest BCUT2D eigenvalue weighted by molar-refractivity contribution is 6.31. The van der Waals surface area contributed by atoms with E-state index in [1.807, 2.05) is 18.2 Å². The Morgan fingerprint density at radius 2 is 2.22 bits per heavy atom. The van der Waals surface area contributed by atoms with Gasteiger partial charge in [-0.05, 0) is 36.8 Å². The molecule has 0 bridgehead atoms. The van der Waals surface area contributed by atoms with Crippen molar-refractivity contribution in [3.63, 3.8) is 0 Å². The predicted octanol–water partition coefficient (Wildman–Crippen LogP) is 4.27. The minimum Gasteiger partial charge on any atom is -0.398 e. The second kappa shape index (κ2) is 6.44. The van der Waals surface area contributed by atoms with E-state index in [0.717, 1.165) is 23.8 Å². The highest BCUT2D eigenvalue weighted by Crippen LogP contribution is 2.29. The molecule has 1 aliphatic rings. The van der Waals surface area contributed by atoms with Crippen LogP contribution < -0.4 is 5.73 Å². The lowest BCUT2D eigenvalue weighted by molar-refractivity contribution is 0.0661. The molecule has 0 spiro atoms. The summed E-state index contributed by atoms with van der Waals surface area (Å²) >= 11 is 6.11. The summed E-state index contributed by atoms with van der Waals surface area (Å²) in [7, 11) is 0. The number of hydrogen-bond acceptors (Lipinski definition) is 2. The van der Waals surface area contributed by atoms with E-state index in [9.17, 15) is 0 Å². The third-order valence-corrected chi connectivity index (χ3v) is 4.15. The van der Waals surface area contributed by atoms with Gasteiger partial charge in [0.1, 0.15) is 0 Å². The van der Waals surface area contributed by atoms with E-state index in [1.54, 1.807) is 0 Å². The lowest BCUT2D eigenvalue weighted by Gasteiger charge is -2.26. The van der Waals surface area contributed by atoms with Crippen LogP contribution in [0.2, 0.25) is 5.02 Å². The van der Waals surface area contributed by atoms with E-state index >= 15 is 0 Å². The maximum Gasteiger partial charge on any atom is 0.0751 e. The lowest BCUT2D eigenvalue weighted by Crippen LogP contribution is -2.18. The SMILES string of the molecule is CC1CCCC(COCc2c(N)cccc2Cl)C1. The van der Waals surface area contributed by atoms with Gasteiger partial charge in [0, 0.05) is 22.9 Å². The summed E-state index contributed by atoms with van der Waals surface area (Å²) < 4.78 is 5.80. The van der Waals surface area contributed by atoms with Crippen LogP contribution in [0.4, 0.5) is 5.69 Å². The van der Waals surface area contributed by atoms with E-state index in [1.165, 1.54) is 25.7 Å². The van der Waals surface area contributed by atoms with Crippen LogP contribution in [0.1, 0.15) is 38.2 Å². The second-order valence-corrected chi connectivity index (χ2v) is 5.87. The molecule has 1 saturated carbocycles. The number of rotatable bonds is 4. The molecule has 1 fully saturated rings. The summed E-state index contributed by atoms with van der Waals surface area (Å²) in [6, 6.07) is 5.59. The third kappa shape index (κ3) is 3.63. The first kappa shape index (κ1) is 13.7. The Hall–Kier alpha value is -0.730. The first-order valence-electron chi connectivity index (χ1n) is 6.77. The second-order valence-electron chi connectivity index (χ2n) is 5.46. The zero-order valence-electron chi connectivity index (χ0n) is 11.0. The molecule has 0 saturated heterocycles. The van der Waals surface area contributed by atoms with Crippen molar-refractivity contribution in [3.8, 4) is 0 Å². The maximum absolute atomic E-state index is 6.11. The number of benzene rings is 1. The van der Waals surface area contributed by atoms with Gasteiger partial charge < -0.3 is 10.5 Å². The topological polar surface area (TPSA) is 35.2 Å². The van der Waals surface area contributed by atoms with E-state index in [2.05, 4.69) is 6.92 Å². The van der Waals surface area contributed by atoms with Crippen LogP contribution >= 0.6 is 11.6 Å². The van der Waals surface area contributed by atoms with Crippen LogP contribution in [-0.4, -0.2) is 6.61 Å². The molecule has 0 aliphatic heterocycles. The maximum atomic E-state index is 6.11. The largest absolute Gasteiger partial charge is 0.398 e. The van der Waals surface area contributed by atoms with E-state index in [-0.39, 0.29) is 0 Å². The van der Waals surface area contributed by atoms with Gasteiger partial charge in [-0.15, -0.1) is 0 Å². The Kier molecular flexibility index (Phi) is 4.90. The molecule has 1 aromatic rings. The summed E-state index contributed by atoms with van der Waals surface area (Å²) in [5.41, 5.74) is 7.54. The van der Waals surface area contributed by atoms with Gasteiger partial charge in [-0.1, -0.05) is 37.4 Å². The smallest absolute Gasteiger partial charge is 0.0751 e. The summed E-state index contributed by atoms with van der Waals surface area (Å²) in [5, 5.41) is 0.701. The Labute approximate surface area is 114 Å². The summed E-state index contributed by atoms with van der Waals surface area (Å²) in [5.74, 6) is 1.55. The highest BCUT2D eigenvalue weighted by atomic mass is 35.5. The first-order valence-corrected chi connectivity index (χ1v) is 7.15. The average molecular weight is 268 g/mol. The summed E-state index contributed by atoms with van der Waals surface area (Å²) in [6.07, 6.45) is 5.29. The zero-order chi connectivity index (χ0) is 13.0.